The highest BCUT2D eigenvalue weighted by Crippen LogP contribution is 2.38. The lowest BCUT2D eigenvalue weighted by atomic mass is 10.1. The Morgan fingerprint density at radius 3 is 2.53 bits per heavy atom. The van der Waals surface area contributed by atoms with Gasteiger partial charge in [0.2, 0.25) is 0 Å². The van der Waals surface area contributed by atoms with E-state index >= 15 is 0 Å². The average Bonchev–Trinajstić information content (AvgIpc) is 2.33. The summed E-state index contributed by atoms with van der Waals surface area (Å²) in [7, 11) is 0. The maximum absolute atomic E-state index is 12.9. The number of rotatable bonds is 6. The van der Waals surface area contributed by atoms with E-state index in [9.17, 15) is 18.0 Å². The van der Waals surface area contributed by atoms with Crippen LogP contribution in [0.25, 0.3) is 0 Å². The fraction of sp³-hybridized carbons (Fsp3) is 0.462. The van der Waals surface area contributed by atoms with Crippen LogP contribution in [0.2, 0.25) is 0 Å². The summed E-state index contributed by atoms with van der Waals surface area (Å²) in [5, 5.41) is 8.81. The molecule has 0 saturated heterocycles. The first-order chi connectivity index (χ1) is 8.88. The minimum atomic E-state index is -4.75. The second-order valence-corrected chi connectivity index (χ2v) is 4.04. The number of alkyl halides is 3. The normalized spacial score (nSPS) is 11.4. The van der Waals surface area contributed by atoms with Crippen LogP contribution in [-0.2, 0) is 6.18 Å². The van der Waals surface area contributed by atoms with Crippen molar-refractivity contribution in [1.82, 2.24) is 0 Å². The lowest BCUT2D eigenvalue weighted by molar-refractivity contribution is -0.139. The molecule has 0 aliphatic carbocycles. The van der Waals surface area contributed by atoms with E-state index in [0.29, 0.717) is 6.42 Å². The van der Waals surface area contributed by atoms with E-state index in [4.69, 9.17) is 9.84 Å². The molecule has 0 unspecified atom stereocenters. The molecule has 0 saturated carbocycles. The largest absolute Gasteiger partial charge is 0.493 e. The monoisotopic (exact) mass is 276 g/mol. The van der Waals surface area contributed by atoms with Crippen LogP contribution in [-0.4, -0.2) is 17.7 Å². The van der Waals surface area contributed by atoms with Crippen LogP contribution in [0.1, 0.15) is 42.1 Å². The summed E-state index contributed by atoms with van der Waals surface area (Å²) in [6.45, 7) is 2.10. The molecule has 3 nitrogen and oxygen atoms in total. The molecule has 0 aromatic heterocycles. The number of ether oxygens (including phenoxy) is 1. The third-order valence-electron chi connectivity index (χ3n) is 2.55. The molecule has 0 fully saturated rings. The number of carbonyl (C=O) groups is 1. The number of unbranched alkanes of at least 4 members (excludes halogenated alkanes) is 2. The van der Waals surface area contributed by atoms with Crippen molar-refractivity contribution >= 4 is 5.97 Å². The van der Waals surface area contributed by atoms with Gasteiger partial charge in [0.25, 0.3) is 0 Å². The Kier molecular flexibility index (Phi) is 5.20. The molecule has 1 N–H and O–H groups in total. The molecule has 6 heteroatoms. The van der Waals surface area contributed by atoms with Crippen molar-refractivity contribution in [1.29, 1.82) is 0 Å². The second kappa shape index (κ2) is 6.45. The van der Waals surface area contributed by atoms with E-state index < -0.39 is 29.0 Å². The van der Waals surface area contributed by atoms with Gasteiger partial charge in [-0.3, -0.25) is 0 Å². The molecule has 0 aliphatic heterocycles. The molecule has 0 spiro atoms. The summed E-state index contributed by atoms with van der Waals surface area (Å²) in [6.07, 6.45) is -2.36. The predicted molar refractivity (Wildman–Crippen MR) is 63.4 cm³/mol. The number of carboxylic acid groups (broad SMARTS) is 1. The molecular formula is C13H15F3O3. The van der Waals surface area contributed by atoms with Gasteiger partial charge in [0.15, 0.2) is 0 Å². The molecule has 1 rings (SSSR count). The van der Waals surface area contributed by atoms with E-state index in [1.165, 1.54) is 6.07 Å². The summed E-state index contributed by atoms with van der Waals surface area (Å²) in [4.78, 5) is 10.8. The summed E-state index contributed by atoms with van der Waals surface area (Å²) in [5.41, 5.74) is -2.01. The number of halogens is 3. The van der Waals surface area contributed by atoms with Crippen LogP contribution in [0, 0.1) is 0 Å². The van der Waals surface area contributed by atoms with Gasteiger partial charge in [-0.05, 0) is 18.6 Å². The zero-order valence-electron chi connectivity index (χ0n) is 10.5. The maximum Gasteiger partial charge on any atom is 0.420 e. The molecule has 1 aromatic carbocycles. The summed E-state index contributed by atoms with van der Waals surface area (Å²) >= 11 is 0. The average molecular weight is 276 g/mol. The third kappa shape index (κ3) is 4.15. The van der Waals surface area contributed by atoms with Crippen LogP contribution >= 0.6 is 0 Å². The Morgan fingerprint density at radius 1 is 1.32 bits per heavy atom. The lowest BCUT2D eigenvalue weighted by Crippen LogP contribution is -2.15. The molecule has 1 aromatic rings. The Bertz CT molecular complexity index is 441. The van der Waals surface area contributed by atoms with E-state index in [-0.39, 0.29) is 6.61 Å². The van der Waals surface area contributed by atoms with E-state index in [1.807, 2.05) is 6.92 Å². The fourth-order valence-electron chi connectivity index (χ4n) is 1.66. The zero-order valence-corrected chi connectivity index (χ0v) is 10.5. The summed E-state index contributed by atoms with van der Waals surface area (Å²) in [6, 6.07) is 3.30. The predicted octanol–water partition coefficient (Wildman–Crippen LogP) is 3.97. The first-order valence-electron chi connectivity index (χ1n) is 5.94. The highest BCUT2D eigenvalue weighted by atomic mass is 19.4. The Balaban J connectivity index is 3.03. The molecule has 0 heterocycles. The van der Waals surface area contributed by atoms with Crippen molar-refractivity contribution in [2.75, 3.05) is 6.61 Å². The van der Waals surface area contributed by atoms with Gasteiger partial charge < -0.3 is 9.84 Å². The Hall–Kier alpha value is -1.72. The van der Waals surface area contributed by atoms with E-state index in [1.54, 1.807) is 0 Å². The first-order valence-corrected chi connectivity index (χ1v) is 5.94. The van der Waals surface area contributed by atoms with Gasteiger partial charge in [0.05, 0.1) is 12.2 Å². The van der Waals surface area contributed by atoms with E-state index in [0.717, 1.165) is 25.0 Å². The van der Waals surface area contributed by atoms with Crippen LogP contribution < -0.4 is 4.74 Å². The van der Waals surface area contributed by atoms with Crippen molar-refractivity contribution in [2.24, 2.45) is 0 Å². The molecule has 0 amide bonds. The molecule has 0 atom stereocenters. The molecule has 0 aliphatic rings. The van der Waals surface area contributed by atoms with Crippen LogP contribution in [0.4, 0.5) is 13.2 Å². The second-order valence-electron chi connectivity index (χ2n) is 4.04. The van der Waals surface area contributed by atoms with Gasteiger partial charge in [-0.1, -0.05) is 25.8 Å². The number of hydrogen-bond donors (Lipinski definition) is 1. The van der Waals surface area contributed by atoms with Crippen molar-refractivity contribution in [2.45, 2.75) is 32.4 Å². The van der Waals surface area contributed by atoms with Gasteiger partial charge in [-0.2, -0.15) is 13.2 Å². The number of benzene rings is 1. The van der Waals surface area contributed by atoms with Crippen LogP contribution in [0.3, 0.4) is 0 Å². The van der Waals surface area contributed by atoms with Gasteiger partial charge in [-0.25, -0.2) is 4.79 Å². The number of carboxylic acids is 1. The standard InChI is InChI=1S/C13H15F3O3/c1-2-3-4-8-19-10-7-5-6-9(12(17)18)11(10)13(14,15)16/h5-7H,2-4,8H2,1H3,(H,17,18). The van der Waals surface area contributed by atoms with Crippen molar-refractivity contribution in [3.05, 3.63) is 29.3 Å². The van der Waals surface area contributed by atoms with Gasteiger partial charge in [-0.15, -0.1) is 0 Å². The fourth-order valence-corrected chi connectivity index (χ4v) is 1.66. The van der Waals surface area contributed by atoms with Crippen molar-refractivity contribution < 1.29 is 27.8 Å². The van der Waals surface area contributed by atoms with Crippen LogP contribution in [0.15, 0.2) is 18.2 Å². The Morgan fingerprint density at radius 2 is 2.00 bits per heavy atom. The molecule has 19 heavy (non-hydrogen) atoms. The minimum absolute atomic E-state index is 0.139. The Labute approximate surface area is 109 Å². The zero-order chi connectivity index (χ0) is 14.5. The maximum atomic E-state index is 12.9. The highest BCUT2D eigenvalue weighted by Gasteiger charge is 2.38. The summed E-state index contributed by atoms with van der Waals surface area (Å²) < 4.78 is 43.8. The first kappa shape index (κ1) is 15.3. The SMILES string of the molecule is CCCCCOc1cccc(C(=O)O)c1C(F)(F)F. The van der Waals surface area contributed by atoms with Crippen molar-refractivity contribution in [3.8, 4) is 5.75 Å². The topological polar surface area (TPSA) is 46.5 Å². The molecule has 106 valence electrons. The lowest BCUT2D eigenvalue weighted by Gasteiger charge is -2.16. The molecule has 0 radical (unpaired) electrons. The van der Waals surface area contributed by atoms with Crippen molar-refractivity contribution in [3.63, 3.8) is 0 Å². The number of aromatic carboxylic acids is 1. The van der Waals surface area contributed by atoms with Gasteiger partial charge >= 0.3 is 12.1 Å². The van der Waals surface area contributed by atoms with E-state index in [2.05, 4.69) is 0 Å². The van der Waals surface area contributed by atoms with Crippen LogP contribution in [0.5, 0.6) is 5.75 Å². The minimum Gasteiger partial charge on any atom is -0.493 e. The quantitative estimate of drug-likeness (QED) is 0.799. The van der Waals surface area contributed by atoms with Gasteiger partial charge in [0.1, 0.15) is 11.3 Å². The number of hydrogen-bond acceptors (Lipinski definition) is 2. The highest BCUT2D eigenvalue weighted by molar-refractivity contribution is 5.90. The van der Waals surface area contributed by atoms with Gasteiger partial charge in [0, 0.05) is 0 Å². The summed E-state index contributed by atoms with van der Waals surface area (Å²) in [5.74, 6) is -2.05. The third-order valence-corrected chi connectivity index (χ3v) is 2.55. The smallest absolute Gasteiger partial charge is 0.420 e. The molecule has 0 bridgehead atoms. The molecular weight excluding hydrogens is 261 g/mol.